The first kappa shape index (κ1) is 20.2. The highest BCUT2D eigenvalue weighted by atomic mass is 32.3. The molecule has 26 heavy (non-hydrogen) atoms. The first-order valence-electron chi connectivity index (χ1n) is 8.38. The topological polar surface area (TPSA) is 116 Å². The minimum Gasteiger partial charge on any atom is -0.382 e. The van der Waals surface area contributed by atoms with Crippen LogP contribution >= 0.6 is 11.3 Å². The van der Waals surface area contributed by atoms with Crippen molar-refractivity contribution in [1.29, 1.82) is 0 Å². The zero-order valence-electron chi connectivity index (χ0n) is 14.8. The molecule has 0 saturated carbocycles. The second kappa shape index (κ2) is 7.12. The maximum absolute atomic E-state index is 13.4. The molecule has 2 unspecified atom stereocenters. The molecule has 2 aliphatic heterocycles. The summed E-state index contributed by atoms with van der Waals surface area (Å²) < 4.78 is 59.7. The van der Waals surface area contributed by atoms with Crippen LogP contribution in [-0.2, 0) is 29.3 Å². The zero-order valence-corrected chi connectivity index (χ0v) is 17.3. The standard InChI is InChI=1S/C15H24N2O6S3/c1-3-17-10-15(4-5-23-7-6-22-2)9-12(17)11-8-13(26(16,20)21)24-14(11)25(15,18)19/h8,12H,3-7,9-10H2,1-2H3,(H2,16,20,21). The van der Waals surface area contributed by atoms with E-state index >= 15 is 0 Å². The maximum Gasteiger partial charge on any atom is 0.247 e. The lowest BCUT2D eigenvalue weighted by Gasteiger charge is -2.31. The number of rotatable bonds is 8. The van der Waals surface area contributed by atoms with Gasteiger partial charge in [-0.3, -0.25) is 4.90 Å². The number of fused-ring (bicyclic) bond motifs is 4. The number of ether oxygens (including phenoxy) is 2. The number of nitrogens with two attached hydrogens (primary N) is 1. The molecule has 8 nitrogen and oxygen atoms in total. The molecule has 0 amide bonds. The predicted molar refractivity (Wildman–Crippen MR) is 97.5 cm³/mol. The van der Waals surface area contributed by atoms with Crippen LogP contribution in [0.1, 0.15) is 31.4 Å². The van der Waals surface area contributed by atoms with Gasteiger partial charge in [-0.05, 0) is 25.5 Å². The minimum absolute atomic E-state index is 0.0961. The number of sulfone groups is 1. The highest BCUT2D eigenvalue weighted by Crippen LogP contribution is 2.55. The summed E-state index contributed by atoms with van der Waals surface area (Å²) in [5, 5.41) is 5.22. The van der Waals surface area contributed by atoms with Crippen molar-refractivity contribution in [2.75, 3.05) is 40.0 Å². The number of hydrogen-bond acceptors (Lipinski definition) is 8. The van der Waals surface area contributed by atoms with E-state index < -0.39 is 24.6 Å². The van der Waals surface area contributed by atoms with Crippen molar-refractivity contribution in [3.05, 3.63) is 11.6 Å². The molecule has 0 radical (unpaired) electrons. The first-order chi connectivity index (χ1) is 12.2. The lowest BCUT2D eigenvalue weighted by molar-refractivity contribution is 0.0655. The molecular formula is C15H24N2O6S3. The van der Waals surface area contributed by atoms with Crippen LogP contribution in [-0.4, -0.2) is 66.5 Å². The van der Waals surface area contributed by atoms with E-state index in [2.05, 4.69) is 4.90 Å². The predicted octanol–water partition coefficient (Wildman–Crippen LogP) is 0.741. The largest absolute Gasteiger partial charge is 0.382 e. The average Bonchev–Trinajstić information content (AvgIpc) is 3.15. The first-order valence-corrected chi connectivity index (χ1v) is 12.2. The Labute approximate surface area is 158 Å². The third kappa shape index (κ3) is 3.23. The van der Waals surface area contributed by atoms with Crippen molar-refractivity contribution >= 4 is 31.2 Å². The molecule has 2 aliphatic rings. The van der Waals surface area contributed by atoms with E-state index in [1.807, 2.05) is 6.92 Å². The summed E-state index contributed by atoms with van der Waals surface area (Å²) in [4.78, 5) is 2.10. The second-order valence-electron chi connectivity index (χ2n) is 6.68. The zero-order chi connectivity index (χ0) is 19.2. The van der Waals surface area contributed by atoms with E-state index in [1.165, 1.54) is 6.07 Å². The Morgan fingerprint density at radius 2 is 2.12 bits per heavy atom. The van der Waals surface area contributed by atoms with Gasteiger partial charge in [-0.1, -0.05) is 6.92 Å². The Balaban J connectivity index is 1.97. The smallest absolute Gasteiger partial charge is 0.247 e. The van der Waals surface area contributed by atoms with Crippen molar-refractivity contribution in [2.45, 2.75) is 39.0 Å². The molecular weight excluding hydrogens is 400 g/mol. The molecule has 2 atom stereocenters. The van der Waals surface area contributed by atoms with Gasteiger partial charge in [0.1, 0.15) is 8.42 Å². The Morgan fingerprint density at radius 3 is 2.73 bits per heavy atom. The summed E-state index contributed by atoms with van der Waals surface area (Å²) in [6, 6.07) is 1.33. The van der Waals surface area contributed by atoms with Gasteiger partial charge in [0, 0.05) is 31.9 Å². The molecule has 0 aromatic carbocycles. The van der Waals surface area contributed by atoms with Crippen molar-refractivity contribution in [3.63, 3.8) is 0 Å². The Bertz CT molecular complexity index is 879. The number of nitrogens with zero attached hydrogens (tertiary/aromatic N) is 1. The third-order valence-electron chi connectivity index (χ3n) is 5.19. The van der Waals surface area contributed by atoms with Gasteiger partial charge >= 0.3 is 0 Å². The molecule has 11 heteroatoms. The number of hydrogen-bond donors (Lipinski definition) is 1. The van der Waals surface area contributed by atoms with E-state index in [0.29, 0.717) is 51.3 Å². The quantitative estimate of drug-likeness (QED) is 0.612. The Morgan fingerprint density at radius 1 is 1.38 bits per heavy atom. The fraction of sp³-hybridized carbons (Fsp3) is 0.733. The monoisotopic (exact) mass is 424 g/mol. The van der Waals surface area contributed by atoms with Gasteiger partial charge in [-0.2, -0.15) is 0 Å². The van der Waals surface area contributed by atoms with Gasteiger partial charge in [-0.25, -0.2) is 22.0 Å². The van der Waals surface area contributed by atoms with Crippen molar-refractivity contribution in [2.24, 2.45) is 5.14 Å². The van der Waals surface area contributed by atoms with Gasteiger partial charge in [0.25, 0.3) is 0 Å². The molecule has 2 bridgehead atoms. The molecule has 2 N–H and O–H groups in total. The van der Waals surface area contributed by atoms with Gasteiger partial charge in [0.05, 0.1) is 18.0 Å². The van der Waals surface area contributed by atoms with Crippen molar-refractivity contribution < 1.29 is 26.3 Å². The van der Waals surface area contributed by atoms with Crippen LogP contribution in [0, 0.1) is 0 Å². The maximum atomic E-state index is 13.4. The summed E-state index contributed by atoms with van der Waals surface area (Å²) in [6.07, 6.45) is 0.818. The van der Waals surface area contributed by atoms with Crippen molar-refractivity contribution in [3.8, 4) is 0 Å². The van der Waals surface area contributed by atoms with Gasteiger partial charge < -0.3 is 9.47 Å². The summed E-state index contributed by atoms with van der Waals surface area (Å²) in [7, 11) is -6.04. The number of thiophene rings is 1. The van der Waals surface area contributed by atoms with Crippen molar-refractivity contribution in [1.82, 2.24) is 4.90 Å². The van der Waals surface area contributed by atoms with Crippen LogP contribution in [0.4, 0.5) is 0 Å². The average molecular weight is 425 g/mol. The van der Waals surface area contributed by atoms with Crippen LogP contribution in [0.3, 0.4) is 0 Å². The SMILES string of the molecule is CCN1CC2(CCOCCOC)CC1c1cc(S(N)(=O)=O)sc1S2(=O)=O. The molecule has 1 fully saturated rings. The number of methoxy groups -OCH3 is 1. The van der Waals surface area contributed by atoms with Gasteiger partial charge in [0.2, 0.25) is 10.0 Å². The van der Waals surface area contributed by atoms with Gasteiger partial charge in [-0.15, -0.1) is 11.3 Å². The fourth-order valence-corrected chi connectivity index (χ4v) is 8.87. The van der Waals surface area contributed by atoms with E-state index in [4.69, 9.17) is 14.6 Å². The van der Waals surface area contributed by atoms with Crippen LogP contribution in [0.15, 0.2) is 14.5 Å². The second-order valence-corrected chi connectivity index (χ2v) is 12.1. The van der Waals surface area contributed by atoms with E-state index in [-0.39, 0.29) is 14.5 Å². The molecule has 1 aromatic heterocycles. The van der Waals surface area contributed by atoms with Crippen LogP contribution in [0.25, 0.3) is 0 Å². The summed E-state index contributed by atoms with van der Waals surface area (Å²) in [5.41, 5.74) is 0.564. The molecule has 1 saturated heterocycles. The van der Waals surface area contributed by atoms with Crippen LogP contribution in [0.5, 0.6) is 0 Å². The summed E-state index contributed by atoms with van der Waals surface area (Å²) >= 11 is 0.767. The molecule has 148 valence electrons. The van der Waals surface area contributed by atoms with Gasteiger partial charge in [0.15, 0.2) is 9.84 Å². The molecule has 3 rings (SSSR count). The third-order valence-corrected chi connectivity index (χ3v) is 10.8. The summed E-state index contributed by atoms with van der Waals surface area (Å²) in [6.45, 7) is 4.27. The van der Waals surface area contributed by atoms with E-state index in [0.717, 1.165) is 11.3 Å². The van der Waals surface area contributed by atoms with E-state index in [1.54, 1.807) is 7.11 Å². The number of sulfonamides is 1. The van der Waals surface area contributed by atoms with Crippen LogP contribution < -0.4 is 5.14 Å². The number of likely N-dealkylation sites (tertiary alicyclic amines) is 1. The Hall–Kier alpha value is -0.560. The molecule has 3 heterocycles. The lowest BCUT2D eigenvalue weighted by atomic mass is 9.97. The lowest BCUT2D eigenvalue weighted by Crippen LogP contribution is -2.43. The molecule has 0 aliphatic carbocycles. The normalized spacial score (nSPS) is 27.6. The molecule has 1 aromatic rings. The highest BCUT2D eigenvalue weighted by molar-refractivity contribution is 7.96. The van der Waals surface area contributed by atoms with E-state index in [9.17, 15) is 16.8 Å². The summed E-state index contributed by atoms with van der Waals surface area (Å²) in [5.74, 6) is 0. The highest BCUT2D eigenvalue weighted by Gasteiger charge is 2.58. The minimum atomic E-state index is -3.94. The Kier molecular flexibility index (Phi) is 5.52. The molecule has 0 spiro atoms. The fourth-order valence-electron chi connectivity index (χ4n) is 3.82. The number of primary sulfonamides is 1. The van der Waals surface area contributed by atoms with Crippen LogP contribution in [0.2, 0.25) is 0 Å².